The molecule has 0 amide bonds. The standard InChI is InChI=1S/C12H14N7.Re/c13-6-8-2-1-4-19(5-3-8)11-9-7-15-18-10(9)16-12(14)17-11;/h7-8H,1-5H2,(H2-,14,15,16,17,18);/q-1;. The molecule has 3 heterocycles. The molecule has 1 atom stereocenters. The molecular weight excluding hydrogens is 428 g/mol. The number of hydrogen-bond donors (Lipinski definition) is 1. The summed E-state index contributed by atoms with van der Waals surface area (Å²) < 4.78 is 0. The fourth-order valence-corrected chi connectivity index (χ4v) is 2.47. The van der Waals surface area contributed by atoms with Crippen LogP contribution in [0, 0.1) is 17.2 Å². The second-order valence-electron chi connectivity index (χ2n) is 4.73. The van der Waals surface area contributed by atoms with E-state index in [0.717, 1.165) is 43.6 Å². The summed E-state index contributed by atoms with van der Waals surface area (Å²) in [6.07, 6.45) is 4.43. The Hall–Kier alpha value is -1.70. The zero-order valence-corrected chi connectivity index (χ0v) is 13.5. The van der Waals surface area contributed by atoms with Gasteiger partial charge in [-0.15, -0.1) is 0 Å². The summed E-state index contributed by atoms with van der Waals surface area (Å²) in [6, 6.07) is 2.35. The molecule has 0 aromatic carbocycles. The molecule has 3 rings (SSSR count). The molecule has 1 unspecified atom stereocenters. The van der Waals surface area contributed by atoms with Gasteiger partial charge in [-0.05, 0) is 24.9 Å². The van der Waals surface area contributed by atoms with Crippen molar-refractivity contribution in [1.29, 1.82) is 5.26 Å². The van der Waals surface area contributed by atoms with Crippen molar-refractivity contribution in [2.75, 3.05) is 23.7 Å². The summed E-state index contributed by atoms with van der Waals surface area (Å²) in [6.45, 7) is 1.67. The van der Waals surface area contributed by atoms with Crippen LogP contribution in [0.1, 0.15) is 19.3 Å². The summed E-state index contributed by atoms with van der Waals surface area (Å²) in [5.41, 5.74) is 6.25. The van der Waals surface area contributed by atoms with Crippen molar-refractivity contribution in [2.45, 2.75) is 19.3 Å². The van der Waals surface area contributed by atoms with E-state index >= 15 is 0 Å². The number of aromatic nitrogens is 4. The summed E-state index contributed by atoms with van der Waals surface area (Å²) in [5.74, 6) is 1.13. The predicted molar refractivity (Wildman–Crippen MR) is 70.2 cm³/mol. The molecule has 0 bridgehead atoms. The average molecular weight is 442 g/mol. The third-order valence-corrected chi connectivity index (χ3v) is 3.47. The Kier molecular flexibility index (Phi) is 4.54. The maximum atomic E-state index is 9.02. The number of nitriles is 1. The van der Waals surface area contributed by atoms with Gasteiger partial charge >= 0.3 is 0 Å². The first kappa shape index (κ1) is 14.7. The van der Waals surface area contributed by atoms with Crippen molar-refractivity contribution >= 4 is 22.8 Å². The van der Waals surface area contributed by atoms with E-state index in [-0.39, 0.29) is 32.3 Å². The van der Waals surface area contributed by atoms with Crippen molar-refractivity contribution in [1.82, 2.24) is 20.2 Å². The Morgan fingerprint density at radius 1 is 1.35 bits per heavy atom. The number of rotatable bonds is 1. The van der Waals surface area contributed by atoms with E-state index in [1.807, 2.05) is 0 Å². The van der Waals surface area contributed by atoms with Crippen LogP contribution in [0.15, 0.2) is 6.20 Å². The Labute approximate surface area is 130 Å². The van der Waals surface area contributed by atoms with E-state index in [4.69, 9.17) is 11.0 Å². The Balaban J connectivity index is 0.00000147. The van der Waals surface area contributed by atoms with Gasteiger partial charge in [0.1, 0.15) is 11.8 Å². The van der Waals surface area contributed by atoms with E-state index in [1.165, 1.54) is 0 Å². The van der Waals surface area contributed by atoms with Crippen molar-refractivity contribution in [2.24, 2.45) is 5.92 Å². The number of nitrogens with zero attached hydrogens (tertiary/aromatic N) is 6. The fraction of sp³-hybridized carbons (Fsp3) is 0.500. The van der Waals surface area contributed by atoms with Crippen LogP contribution >= 0.6 is 0 Å². The molecule has 7 nitrogen and oxygen atoms in total. The number of nitrogen functional groups attached to an aromatic ring is 1. The van der Waals surface area contributed by atoms with Gasteiger partial charge in [-0.25, -0.2) is 4.98 Å². The molecule has 8 heteroatoms. The van der Waals surface area contributed by atoms with Crippen molar-refractivity contribution < 1.29 is 20.4 Å². The molecule has 1 saturated heterocycles. The van der Waals surface area contributed by atoms with Gasteiger partial charge in [0.25, 0.3) is 0 Å². The minimum atomic E-state index is 0. The van der Waals surface area contributed by atoms with Crippen LogP contribution in [0.2, 0.25) is 0 Å². The van der Waals surface area contributed by atoms with Crippen LogP contribution in [0.3, 0.4) is 0 Å². The molecule has 0 saturated carbocycles. The zero-order chi connectivity index (χ0) is 13.2. The number of fused-ring (bicyclic) bond motifs is 1. The Bertz CT molecular complexity index is 632. The summed E-state index contributed by atoms with van der Waals surface area (Å²) in [5, 5.41) is 17.6. The van der Waals surface area contributed by atoms with Gasteiger partial charge in [0.05, 0.1) is 6.07 Å². The first-order chi connectivity index (χ1) is 9.28. The van der Waals surface area contributed by atoms with Gasteiger partial charge in [-0.2, -0.15) is 5.26 Å². The molecule has 105 valence electrons. The molecule has 1 aliphatic heterocycles. The summed E-state index contributed by atoms with van der Waals surface area (Å²) in [4.78, 5) is 10.5. The first-order valence-corrected chi connectivity index (χ1v) is 6.34. The Morgan fingerprint density at radius 2 is 2.20 bits per heavy atom. The molecular formula is C12H14N7Re-. The minimum Gasteiger partial charge on any atom is -0.403 e. The average Bonchev–Trinajstić information content (AvgIpc) is 2.74. The van der Waals surface area contributed by atoms with E-state index in [9.17, 15) is 0 Å². The van der Waals surface area contributed by atoms with Crippen molar-refractivity contribution in [3.05, 3.63) is 6.20 Å². The number of anilines is 2. The van der Waals surface area contributed by atoms with E-state index < -0.39 is 0 Å². The van der Waals surface area contributed by atoms with E-state index in [2.05, 4.69) is 31.1 Å². The molecule has 2 N–H and O–H groups in total. The maximum absolute atomic E-state index is 9.02. The van der Waals surface area contributed by atoms with E-state index in [1.54, 1.807) is 6.20 Å². The van der Waals surface area contributed by atoms with Crippen LogP contribution in [-0.2, 0) is 20.4 Å². The molecule has 1 fully saturated rings. The van der Waals surface area contributed by atoms with Crippen LogP contribution in [0.25, 0.3) is 11.0 Å². The topological polar surface area (TPSA) is 106 Å². The second-order valence-corrected chi connectivity index (χ2v) is 4.73. The quantitative estimate of drug-likeness (QED) is 0.693. The fourth-order valence-electron chi connectivity index (χ4n) is 2.47. The van der Waals surface area contributed by atoms with E-state index in [0.29, 0.717) is 5.65 Å². The Morgan fingerprint density at radius 3 is 3.00 bits per heavy atom. The zero-order valence-electron chi connectivity index (χ0n) is 10.8. The van der Waals surface area contributed by atoms with Gasteiger partial charge in [-0.1, -0.05) is 0 Å². The molecule has 20 heavy (non-hydrogen) atoms. The van der Waals surface area contributed by atoms with Gasteiger partial charge in [0.2, 0.25) is 0 Å². The smallest absolute Gasteiger partial charge is 0.139 e. The molecule has 2 aromatic rings. The largest absolute Gasteiger partial charge is 0.403 e. The molecule has 1 radical (unpaired) electrons. The van der Waals surface area contributed by atoms with Gasteiger partial charge < -0.3 is 20.7 Å². The minimum absolute atomic E-state index is 0. The van der Waals surface area contributed by atoms with Gasteiger partial charge in [0.15, 0.2) is 0 Å². The molecule has 0 aliphatic carbocycles. The normalized spacial score (nSPS) is 19.1. The molecule has 1 aliphatic rings. The summed E-state index contributed by atoms with van der Waals surface area (Å²) in [7, 11) is 0. The van der Waals surface area contributed by atoms with Gasteiger partial charge in [0, 0.05) is 51.0 Å². The van der Waals surface area contributed by atoms with Crippen molar-refractivity contribution in [3.8, 4) is 6.07 Å². The molecule has 2 aromatic heterocycles. The second kappa shape index (κ2) is 6.17. The maximum Gasteiger partial charge on any atom is 0.139 e. The van der Waals surface area contributed by atoms with Crippen LogP contribution in [-0.4, -0.2) is 28.2 Å². The SMILES string of the molecule is N#CC1CCCN(c2nc(N)nc3[n-]ncc23)CC1.[Re]. The third-order valence-electron chi connectivity index (χ3n) is 3.47. The van der Waals surface area contributed by atoms with Crippen LogP contribution in [0.5, 0.6) is 0 Å². The van der Waals surface area contributed by atoms with Crippen molar-refractivity contribution in [3.63, 3.8) is 0 Å². The predicted octanol–water partition coefficient (Wildman–Crippen LogP) is 0.692. The number of hydrogen-bond acceptors (Lipinski definition) is 6. The molecule has 0 spiro atoms. The first-order valence-electron chi connectivity index (χ1n) is 6.34. The summed E-state index contributed by atoms with van der Waals surface area (Å²) >= 11 is 0. The monoisotopic (exact) mass is 443 g/mol. The van der Waals surface area contributed by atoms with Gasteiger partial charge in [-0.3, -0.25) is 5.10 Å². The van der Waals surface area contributed by atoms with Crippen LogP contribution < -0.4 is 15.7 Å². The third kappa shape index (κ3) is 2.74. The van der Waals surface area contributed by atoms with Crippen LogP contribution in [0.4, 0.5) is 11.8 Å². The number of nitrogens with two attached hydrogens (primary N) is 1.